The Balaban J connectivity index is 1.39. The van der Waals surface area contributed by atoms with Gasteiger partial charge in [-0.1, -0.05) is 6.92 Å². The van der Waals surface area contributed by atoms with Gasteiger partial charge in [-0.3, -0.25) is 4.79 Å². The van der Waals surface area contributed by atoms with Gasteiger partial charge in [-0.2, -0.15) is 0 Å². The molecule has 8 nitrogen and oxygen atoms in total. The van der Waals surface area contributed by atoms with Crippen LogP contribution in [0.5, 0.6) is 0 Å². The zero-order valence-corrected chi connectivity index (χ0v) is 16.8. The normalized spacial score (nSPS) is 23.9. The largest absolute Gasteiger partial charge is 0.441 e. The number of piperidine rings is 1. The highest BCUT2D eigenvalue weighted by molar-refractivity contribution is 5.77. The Morgan fingerprint density at radius 3 is 2.37 bits per heavy atom. The van der Waals surface area contributed by atoms with Gasteiger partial charge in [-0.25, -0.2) is 4.79 Å². The van der Waals surface area contributed by atoms with E-state index in [1.165, 1.54) is 7.11 Å². The summed E-state index contributed by atoms with van der Waals surface area (Å²) in [6.07, 6.45) is 2.21. The Bertz CT molecular complexity index is 514. The summed E-state index contributed by atoms with van der Waals surface area (Å²) in [6, 6.07) is 0. The van der Waals surface area contributed by atoms with Crippen LogP contribution in [0.4, 0.5) is 4.79 Å². The number of hydrogen-bond donors (Lipinski definition) is 0. The van der Waals surface area contributed by atoms with Crippen LogP contribution in [-0.4, -0.2) is 116 Å². The van der Waals surface area contributed by atoms with Crippen LogP contribution in [0.25, 0.3) is 0 Å². The minimum atomic E-state index is -0.409. The second-order valence-corrected chi connectivity index (χ2v) is 7.92. The second-order valence-electron chi connectivity index (χ2n) is 7.92. The smallest absolute Gasteiger partial charge is 0.410 e. The second kappa shape index (κ2) is 9.21. The summed E-state index contributed by atoms with van der Waals surface area (Å²) in [5.41, 5.74) is -0.409. The van der Waals surface area contributed by atoms with Crippen molar-refractivity contribution >= 4 is 12.0 Å². The first-order chi connectivity index (χ1) is 13.0. The van der Waals surface area contributed by atoms with E-state index < -0.39 is 5.60 Å². The maximum Gasteiger partial charge on any atom is 0.410 e. The predicted octanol–water partition coefficient (Wildman–Crippen LogP) is 0.474. The number of likely N-dealkylation sites (N-methyl/N-ethyl adjacent to an activating group) is 1. The van der Waals surface area contributed by atoms with Crippen LogP contribution in [0.15, 0.2) is 0 Å². The zero-order valence-electron chi connectivity index (χ0n) is 16.8. The van der Waals surface area contributed by atoms with Crippen molar-refractivity contribution in [1.82, 2.24) is 19.6 Å². The van der Waals surface area contributed by atoms with Gasteiger partial charge in [0.25, 0.3) is 0 Å². The lowest BCUT2D eigenvalue weighted by molar-refractivity contribution is -0.138. The number of rotatable bonds is 7. The lowest BCUT2D eigenvalue weighted by Crippen LogP contribution is -2.49. The van der Waals surface area contributed by atoms with E-state index in [-0.39, 0.29) is 18.6 Å². The molecule has 2 amide bonds. The first-order valence-corrected chi connectivity index (χ1v) is 10.2. The van der Waals surface area contributed by atoms with Crippen molar-refractivity contribution in [3.05, 3.63) is 0 Å². The zero-order chi connectivity index (χ0) is 19.3. The fourth-order valence-electron chi connectivity index (χ4n) is 4.32. The van der Waals surface area contributed by atoms with Crippen molar-refractivity contribution in [3.63, 3.8) is 0 Å². The Hall–Kier alpha value is -1.38. The average Bonchev–Trinajstić information content (AvgIpc) is 2.98. The number of carbonyl (C=O) groups excluding carboxylic acids is 2. The summed E-state index contributed by atoms with van der Waals surface area (Å²) in [5, 5.41) is 0. The fourth-order valence-corrected chi connectivity index (χ4v) is 4.32. The number of likely N-dealkylation sites (tertiary alicyclic amines) is 1. The first-order valence-electron chi connectivity index (χ1n) is 10.2. The van der Waals surface area contributed by atoms with Crippen molar-refractivity contribution < 1.29 is 19.1 Å². The van der Waals surface area contributed by atoms with Gasteiger partial charge in [0.2, 0.25) is 5.91 Å². The summed E-state index contributed by atoms with van der Waals surface area (Å²) in [4.78, 5) is 32.9. The minimum Gasteiger partial charge on any atom is -0.441 e. The molecule has 0 unspecified atom stereocenters. The van der Waals surface area contributed by atoms with Crippen LogP contribution in [0.1, 0.15) is 26.2 Å². The molecule has 154 valence electrons. The SMILES string of the molecule is CCN1CCN(CCCN2CC3(CCN(C(=O)COC)CC3)OC2=O)CC1. The van der Waals surface area contributed by atoms with Gasteiger partial charge in [0, 0.05) is 65.8 Å². The standard InChI is InChI=1S/C19H34N4O4/c1-3-20-11-13-21(14-12-20)7-4-8-23-16-19(27-18(23)25)5-9-22(10-6-19)17(24)15-26-2/h3-16H2,1-2H3. The highest BCUT2D eigenvalue weighted by atomic mass is 16.6. The third kappa shape index (κ3) is 5.12. The Kier molecular flexibility index (Phi) is 6.94. The lowest BCUT2D eigenvalue weighted by Gasteiger charge is -2.37. The first kappa shape index (κ1) is 20.4. The number of piperazine rings is 1. The van der Waals surface area contributed by atoms with Crippen LogP contribution in [0, 0.1) is 0 Å². The number of nitrogens with zero attached hydrogens (tertiary/aromatic N) is 4. The van der Waals surface area contributed by atoms with Gasteiger partial charge < -0.3 is 29.1 Å². The number of hydrogen-bond acceptors (Lipinski definition) is 6. The third-order valence-electron chi connectivity index (χ3n) is 6.15. The van der Waals surface area contributed by atoms with Crippen molar-refractivity contribution in [3.8, 4) is 0 Å². The van der Waals surface area contributed by atoms with Crippen LogP contribution in [0.3, 0.4) is 0 Å². The molecule has 0 N–H and O–H groups in total. The Morgan fingerprint density at radius 1 is 1.07 bits per heavy atom. The van der Waals surface area contributed by atoms with Crippen molar-refractivity contribution in [1.29, 1.82) is 0 Å². The Morgan fingerprint density at radius 2 is 1.74 bits per heavy atom. The quantitative estimate of drug-likeness (QED) is 0.638. The molecule has 3 aliphatic heterocycles. The van der Waals surface area contributed by atoms with E-state index in [2.05, 4.69) is 16.7 Å². The number of ether oxygens (including phenoxy) is 2. The van der Waals surface area contributed by atoms with E-state index in [4.69, 9.17) is 9.47 Å². The molecule has 27 heavy (non-hydrogen) atoms. The van der Waals surface area contributed by atoms with E-state index in [1.807, 2.05) is 4.90 Å². The molecule has 3 fully saturated rings. The number of carbonyl (C=O) groups is 2. The van der Waals surface area contributed by atoms with Gasteiger partial charge >= 0.3 is 6.09 Å². The summed E-state index contributed by atoms with van der Waals surface area (Å²) in [7, 11) is 1.53. The molecule has 0 atom stereocenters. The lowest BCUT2D eigenvalue weighted by atomic mass is 9.91. The molecule has 0 aromatic heterocycles. The molecule has 3 aliphatic rings. The molecule has 0 bridgehead atoms. The van der Waals surface area contributed by atoms with Crippen LogP contribution >= 0.6 is 0 Å². The van der Waals surface area contributed by atoms with Gasteiger partial charge in [-0.05, 0) is 19.5 Å². The van der Waals surface area contributed by atoms with E-state index in [0.717, 1.165) is 52.2 Å². The summed E-state index contributed by atoms with van der Waals surface area (Å²) < 4.78 is 10.7. The van der Waals surface area contributed by atoms with Crippen molar-refractivity contribution in [2.24, 2.45) is 0 Å². The molecular weight excluding hydrogens is 348 g/mol. The maximum atomic E-state index is 12.3. The van der Waals surface area contributed by atoms with E-state index in [0.29, 0.717) is 32.5 Å². The Labute approximate surface area is 162 Å². The molecule has 3 saturated heterocycles. The molecule has 0 radical (unpaired) electrons. The number of amides is 2. The molecule has 1 spiro atoms. The molecule has 3 rings (SSSR count). The minimum absolute atomic E-state index is 0.0108. The topological polar surface area (TPSA) is 65.6 Å². The average molecular weight is 383 g/mol. The third-order valence-corrected chi connectivity index (χ3v) is 6.15. The molecular formula is C19H34N4O4. The monoisotopic (exact) mass is 382 g/mol. The van der Waals surface area contributed by atoms with Crippen LogP contribution in [0.2, 0.25) is 0 Å². The molecule has 0 saturated carbocycles. The van der Waals surface area contributed by atoms with E-state index in [1.54, 1.807) is 4.90 Å². The number of methoxy groups -OCH3 is 1. The summed E-state index contributed by atoms with van der Waals surface area (Å²) >= 11 is 0. The molecule has 0 aromatic rings. The molecule has 0 aromatic carbocycles. The molecule has 8 heteroatoms. The van der Waals surface area contributed by atoms with Gasteiger partial charge in [-0.15, -0.1) is 0 Å². The van der Waals surface area contributed by atoms with Gasteiger partial charge in [0.15, 0.2) is 0 Å². The van der Waals surface area contributed by atoms with Crippen molar-refractivity contribution in [2.45, 2.75) is 31.8 Å². The predicted molar refractivity (Wildman–Crippen MR) is 102 cm³/mol. The van der Waals surface area contributed by atoms with Crippen LogP contribution in [-0.2, 0) is 14.3 Å². The highest BCUT2D eigenvalue weighted by Crippen LogP contribution is 2.33. The maximum absolute atomic E-state index is 12.3. The van der Waals surface area contributed by atoms with E-state index >= 15 is 0 Å². The van der Waals surface area contributed by atoms with Crippen LogP contribution < -0.4 is 0 Å². The fraction of sp³-hybridized carbons (Fsp3) is 0.895. The molecule has 3 heterocycles. The summed E-state index contributed by atoms with van der Waals surface area (Å²) in [5.74, 6) is 0.0108. The summed E-state index contributed by atoms with van der Waals surface area (Å²) in [6.45, 7) is 11.7. The van der Waals surface area contributed by atoms with E-state index in [9.17, 15) is 9.59 Å². The van der Waals surface area contributed by atoms with Gasteiger partial charge in [0.1, 0.15) is 12.2 Å². The molecule has 0 aliphatic carbocycles. The van der Waals surface area contributed by atoms with Gasteiger partial charge in [0.05, 0.1) is 6.54 Å². The highest BCUT2D eigenvalue weighted by Gasteiger charge is 2.47. The van der Waals surface area contributed by atoms with Crippen molar-refractivity contribution in [2.75, 3.05) is 79.2 Å².